The van der Waals surface area contributed by atoms with Crippen molar-refractivity contribution in [2.75, 3.05) is 13.7 Å². The van der Waals surface area contributed by atoms with Crippen molar-refractivity contribution in [3.8, 4) is 5.75 Å². The van der Waals surface area contributed by atoms with Gasteiger partial charge < -0.3 is 9.84 Å². The van der Waals surface area contributed by atoms with Crippen molar-refractivity contribution in [3.63, 3.8) is 0 Å². The number of quaternary nitrogens is 1. The molecular weight excluding hydrogens is 663 g/mol. The molecule has 0 bridgehead atoms. The summed E-state index contributed by atoms with van der Waals surface area (Å²) in [6, 6.07) is 39.6. The zero-order valence-corrected chi connectivity index (χ0v) is 29.5. The molecule has 0 aromatic heterocycles. The molecule has 7 rings (SSSR count). The minimum absolute atomic E-state index is 0.00290. The van der Waals surface area contributed by atoms with Crippen molar-refractivity contribution in [2.45, 2.75) is 40.3 Å². The van der Waals surface area contributed by atoms with Gasteiger partial charge in [0.15, 0.2) is 0 Å². The summed E-state index contributed by atoms with van der Waals surface area (Å²) in [6.45, 7) is 0.124. The Kier molecular flexibility index (Phi) is 9.44. The minimum atomic E-state index is -4.26. The number of allylic oxidation sites excluding steroid dienone is 4. The first kappa shape index (κ1) is 33.8. The smallest absolute Gasteiger partial charge is 0.363 e. The number of ether oxygens (including phenoxy) is 1. The molecule has 1 N–H and O–H groups in total. The van der Waals surface area contributed by atoms with E-state index >= 15 is 8.42 Å². The van der Waals surface area contributed by atoms with E-state index in [0.29, 0.717) is 5.75 Å². The SMILES string of the molecule is COc1ccc(C[N+]2(S(=O)(=O)c3ccc4ccccc4c3)C[C@H](SC(c3ccccc3)(c3ccccc3)C3C=CC=CC3)C[C@H]2C(=O)O)cc1. The van der Waals surface area contributed by atoms with Gasteiger partial charge in [0.25, 0.3) is 0 Å². The lowest BCUT2D eigenvalue weighted by Gasteiger charge is -2.42. The number of carboxylic acids is 1. The lowest BCUT2D eigenvalue weighted by atomic mass is 9.76. The van der Waals surface area contributed by atoms with E-state index in [1.165, 1.54) is 0 Å². The number of aliphatic carboxylic acids is 1. The van der Waals surface area contributed by atoms with Crippen molar-refractivity contribution >= 4 is 38.5 Å². The molecule has 1 heterocycles. The van der Waals surface area contributed by atoms with Crippen LogP contribution >= 0.6 is 11.8 Å². The van der Waals surface area contributed by atoms with Gasteiger partial charge >= 0.3 is 16.0 Å². The van der Waals surface area contributed by atoms with Crippen molar-refractivity contribution in [1.82, 2.24) is 0 Å². The highest BCUT2D eigenvalue weighted by Gasteiger charge is 2.61. The number of sulfonamides is 1. The van der Waals surface area contributed by atoms with Crippen LogP contribution in [0.1, 0.15) is 29.5 Å². The summed E-state index contributed by atoms with van der Waals surface area (Å²) in [5, 5.41) is 12.4. The Balaban J connectivity index is 1.39. The number of fused-ring (bicyclic) bond motifs is 1. The average molecular weight is 703 g/mol. The van der Waals surface area contributed by atoms with Gasteiger partial charge in [0.2, 0.25) is 6.04 Å². The van der Waals surface area contributed by atoms with Crippen molar-refractivity contribution in [2.24, 2.45) is 5.92 Å². The summed E-state index contributed by atoms with van der Waals surface area (Å²) < 4.78 is 34.7. The van der Waals surface area contributed by atoms with Crippen LogP contribution in [0.4, 0.5) is 0 Å². The Morgan fingerprint density at radius 3 is 2.08 bits per heavy atom. The molecule has 50 heavy (non-hydrogen) atoms. The number of thioether (sulfide) groups is 1. The van der Waals surface area contributed by atoms with E-state index in [1.807, 2.05) is 78.9 Å². The molecule has 0 saturated carbocycles. The predicted molar refractivity (Wildman–Crippen MR) is 200 cm³/mol. The van der Waals surface area contributed by atoms with E-state index in [4.69, 9.17) is 4.74 Å². The molecule has 1 fully saturated rings. The second-order valence-corrected chi connectivity index (χ2v) is 16.8. The van der Waals surface area contributed by atoms with E-state index < -0.39 is 30.7 Å². The van der Waals surface area contributed by atoms with Gasteiger partial charge in [0, 0.05) is 17.9 Å². The molecule has 0 radical (unpaired) electrons. The number of carboxylic acid groups (broad SMARTS) is 1. The molecule has 5 aromatic carbocycles. The third-order valence-electron chi connectivity index (χ3n) is 10.2. The van der Waals surface area contributed by atoms with Crippen LogP contribution in [0, 0.1) is 5.92 Å². The predicted octanol–water partition coefficient (Wildman–Crippen LogP) is 8.59. The monoisotopic (exact) mass is 702 g/mol. The maximum atomic E-state index is 15.2. The van der Waals surface area contributed by atoms with Gasteiger partial charge in [-0.25, -0.2) is 4.79 Å². The van der Waals surface area contributed by atoms with Crippen LogP contribution in [0.25, 0.3) is 10.8 Å². The van der Waals surface area contributed by atoms with E-state index in [1.54, 1.807) is 43.1 Å². The molecule has 2 aliphatic rings. The Morgan fingerprint density at radius 2 is 1.48 bits per heavy atom. The van der Waals surface area contributed by atoms with Crippen LogP contribution in [0.5, 0.6) is 5.75 Å². The fraction of sp³-hybridized carbons (Fsp3) is 0.214. The van der Waals surface area contributed by atoms with Gasteiger partial charge in [-0.15, -0.1) is 11.8 Å². The number of nitrogens with zero attached hydrogens (tertiary/aromatic N) is 1. The summed E-state index contributed by atoms with van der Waals surface area (Å²) in [5.74, 6) is -0.421. The second-order valence-electron chi connectivity index (χ2n) is 13.1. The third kappa shape index (κ3) is 6.06. The lowest BCUT2D eigenvalue weighted by Crippen LogP contribution is -2.58. The number of benzene rings is 5. The molecule has 5 aromatic rings. The molecule has 0 amide bonds. The highest BCUT2D eigenvalue weighted by molar-refractivity contribution is 8.01. The first-order chi connectivity index (χ1) is 24.3. The Hall–Kier alpha value is -4.63. The standard InChI is InChI=1S/C42H39NO5S2/c1-48-37-24-21-31(22-25-37)29-43(50(46,47)39-26-23-32-13-11-12-14-33(32)27-39)30-38(28-40(43)41(44)45)49-42(34-15-5-2-6-16-34,35-17-7-3-8-18-35)36-19-9-4-10-20-36/h2-19,21-27,36,38,40H,20,28-30H2,1H3/p+1/t36?,38-,40+,43?/m1/s1. The van der Waals surface area contributed by atoms with Gasteiger partial charge in [-0.2, -0.15) is 12.3 Å². The zero-order chi connectivity index (χ0) is 34.8. The molecule has 8 heteroatoms. The molecular formula is C42H40NO5S2+. The highest BCUT2D eigenvalue weighted by Crippen LogP contribution is 2.56. The summed E-state index contributed by atoms with van der Waals surface area (Å²) >= 11 is 1.72. The fourth-order valence-electron chi connectivity index (χ4n) is 7.81. The van der Waals surface area contributed by atoms with Crippen LogP contribution in [-0.2, 0) is 26.1 Å². The summed E-state index contributed by atoms with van der Waals surface area (Å²) in [5.41, 5.74) is 2.93. The van der Waals surface area contributed by atoms with Crippen molar-refractivity contribution in [1.29, 1.82) is 0 Å². The lowest BCUT2D eigenvalue weighted by molar-refractivity contribution is -0.824. The third-order valence-corrected chi connectivity index (χ3v) is 14.4. The number of hydrogen-bond donors (Lipinski definition) is 1. The largest absolute Gasteiger partial charge is 0.497 e. The Bertz CT molecular complexity index is 2110. The fourth-order valence-corrected chi connectivity index (χ4v) is 12.1. The molecule has 4 atom stereocenters. The van der Waals surface area contributed by atoms with Gasteiger partial charge in [-0.05, 0) is 64.7 Å². The summed E-state index contributed by atoms with van der Waals surface area (Å²) in [6.07, 6.45) is 9.54. The van der Waals surface area contributed by atoms with Gasteiger partial charge in [-0.1, -0.05) is 115 Å². The van der Waals surface area contributed by atoms with E-state index in [-0.39, 0.29) is 35.6 Å². The zero-order valence-electron chi connectivity index (χ0n) is 27.8. The topological polar surface area (TPSA) is 80.7 Å². The molecule has 1 saturated heterocycles. The van der Waals surface area contributed by atoms with Crippen LogP contribution < -0.4 is 4.74 Å². The van der Waals surface area contributed by atoms with E-state index in [0.717, 1.165) is 33.9 Å². The first-order valence-corrected chi connectivity index (χ1v) is 19.2. The van der Waals surface area contributed by atoms with E-state index in [2.05, 4.69) is 48.6 Å². The second kappa shape index (κ2) is 13.9. The number of rotatable bonds is 11. The molecule has 254 valence electrons. The number of carbonyl (C=O) groups is 1. The maximum absolute atomic E-state index is 15.2. The Labute approximate surface area is 298 Å². The quantitative estimate of drug-likeness (QED) is 0.139. The van der Waals surface area contributed by atoms with Crippen molar-refractivity contribution in [3.05, 3.63) is 168 Å². The van der Waals surface area contributed by atoms with Crippen LogP contribution in [0.2, 0.25) is 0 Å². The summed E-state index contributed by atoms with van der Waals surface area (Å²) in [7, 11) is -2.67. The van der Waals surface area contributed by atoms with Crippen LogP contribution in [-0.4, -0.2) is 48.3 Å². The molecule has 1 aliphatic carbocycles. The Morgan fingerprint density at radius 1 is 0.840 bits per heavy atom. The first-order valence-electron chi connectivity index (χ1n) is 16.9. The van der Waals surface area contributed by atoms with Crippen LogP contribution in [0.15, 0.2) is 157 Å². The normalized spacial score (nSPS) is 22.1. The molecule has 0 spiro atoms. The van der Waals surface area contributed by atoms with Gasteiger partial charge in [-0.3, -0.25) is 0 Å². The molecule has 2 unspecified atom stereocenters. The number of likely N-dealkylation sites (tertiary alicyclic amines) is 1. The average Bonchev–Trinajstić information content (AvgIpc) is 3.54. The maximum Gasteiger partial charge on any atom is 0.363 e. The molecule has 6 nitrogen and oxygen atoms in total. The van der Waals surface area contributed by atoms with E-state index in [9.17, 15) is 9.90 Å². The number of hydrogen-bond acceptors (Lipinski definition) is 5. The van der Waals surface area contributed by atoms with Crippen molar-refractivity contribution < 1.29 is 26.9 Å². The molecule has 1 aliphatic heterocycles. The minimum Gasteiger partial charge on any atom is -0.497 e. The van der Waals surface area contributed by atoms with Gasteiger partial charge in [0.1, 0.15) is 23.7 Å². The van der Waals surface area contributed by atoms with Gasteiger partial charge in [0.05, 0.1) is 17.1 Å². The highest BCUT2D eigenvalue weighted by atomic mass is 32.2. The summed E-state index contributed by atoms with van der Waals surface area (Å²) in [4.78, 5) is 13.5. The number of methoxy groups -OCH3 is 1. The van der Waals surface area contributed by atoms with Crippen LogP contribution in [0.3, 0.4) is 0 Å².